The van der Waals surface area contributed by atoms with E-state index in [2.05, 4.69) is 0 Å². The van der Waals surface area contributed by atoms with Gasteiger partial charge in [0, 0.05) is 11.3 Å². The molecular formula is C18H15NO2S. The molecule has 3 aromatic rings. The van der Waals surface area contributed by atoms with Crippen molar-refractivity contribution in [1.29, 1.82) is 0 Å². The molecule has 0 bridgehead atoms. The molecule has 0 amide bonds. The summed E-state index contributed by atoms with van der Waals surface area (Å²) in [5.74, 6) is 0. The summed E-state index contributed by atoms with van der Waals surface area (Å²) in [6.45, 7) is 0. The van der Waals surface area contributed by atoms with Gasteiger partial charge < -0.3 is 5.73 Å². The molecule has 0 saturated carbocycles. The van der Waals surface area contributed by atoms with Gasteiger partial charge in [0.25, 0.3) is 0 Å². The maximum atomic E-state index is 12.9. The Morgan fingerprint density at radius 3 is 1.95 bits per heavy atom. The van der Waals surface area contributed by atoms with Crippen molar-refractivity contribution >= 4 is 15.5 Å². The Kier molecular flexibility index (Phi) is 3.69. The second kappa shape index (κ2) is 5.66. The molecule has 3 nitrogen and oxygen atoms in total. The molecule has 0 spiro atoms. The Morgan fingerprint density at radius 2 is 1.27 bits per heavy atom. The van der Waals surface area contributed by atoms with Gasteiger partial charge in [0.2, 0.25) is 9.84 Å². The van der Waals surface area contributed by atoms with E-state index in [4.69, 9.17) is 5.73 Å². The van der Waals surface area contributed by atoms with Crippen LogP contribution in [-0.2, 0) is 9.84 Å². The molecule has 0 aliphatic heterocycles. The van der Waals surface area contributed by atoms with E-state index in [1.165, 1.54) is 12.1 Å². The number of nitrogen functional groups attached to an aromatic ring is 1. The van der Waals surface area contributed by atoms with Crippen LogP contribution in [0.5, 0.6) is 0 Å². The van der Waals surface area contributed by atoms with Crippen molar-refractivity contribution in [1.82, 2.24) is 0 Å². The topological polar surface area (TPSA) is 60.2 Å². The van der Waals surface area contributed by atoms with Crippen molar-refractivity contribution in [3.05, 3.63) is 78.9 Å². The normalized spacial score (nSPS) is 11.3. The second-order valence-electron chi connectivity index (χ2n) is 4.93. The van der Waals surface area contributed by atoms with Crippen LogP contribution in [0.1, 0.15) is 0 Å². The fourth-order valence-corrected chi connectivity index (χ4v) is 3.81. The fraction of sp³-hybridized carbons (Fsp3) is 0. The third-order valence-electron chi connectivity index (χ3n) is 3.45. The van der Waals surface area contributed by atoms with Crippen LogP contribution < -0.4 is 5.73 Å². The van der Waals surface area contributed by atoms with Crippen LogP contribution in [0.25, 0.3) is 11.1 Å². The molecule has 22 heavy (non-hydrogen) atoms. The molecule has 110 valence electrons. The zero-order valence-corrected chi connectivity index (χ0v) is 12.6. The molecule has 0 atom stereocenters. The number of nitrogens with two attached hydrogens (primary N) is 1. The maximum absolute atomic E-state index is 12.9. The summed E-state index contributed by atoms with van der Waals surface area (Å²) in [5, 5.41) is 0. The number of hydrogen-bond acceptors (Lipinski definition) is 3. The Hall–Kier alpha value is -2.59. The molecule has 0 saturated heterocycles. The molecule has 3 rings (SSSR count). The van der Waals surface area contributed by atoms with E-state index in [1.54, 1.807) is 24.3 Å². The molecule has 0 aliphatic rings. The minimum atomic E-state index is -3.59. The quantitative estimate of drug-likeness (QED) is 0.749. The van der Waals surface area contributed by atoms with Gasteiger partial charge in [-0.2, -0.15) is 0 Å². The molecule has 0 fully saturated rings. The Morgan fingerprint density at radius 1 is 0.682 bits per heavy atom. The van der Waals surface area contributed by atoms with Gasteiger partial charge in [0.05, 0.1) is 9.79 Å². The van der Waals surface area contributed by atoms with Crippen LogP contribution in [0.4, 0.5) is 5.69 Å². The lowest BCUT2D eigenvalue weighted by atomic mass is 10.1. The van der Waals surface area contributed by atoms with Gasteiger partial charge in [-0.25, -0.2) is 8.42 Å². The standard InChI is InChI=1S/C18H15NO2S/c19-15-10-12-16(13-11-15)22(20,21)18-9-5-4-8-17(18)14-6-2-1-3-7-14/h1-13H,19H2. The van der Waals surface area contributed by atoms with E-state index in [-0.39, 0.29) is 4.90 Å². The van der Waals surface area contributed by atoms with Crippen LogP contribution in [0, 0.1) is 0 Å². The summed E-state index contributed by atoms with van der Waals surface area (Å²) in [6.07, 6.45) is 0. The Bertz CT molecular complexity index is 886. The largest absolute Gasteiger partial charge is 0.399 e. The third-order valence-corrected chi connectivity index (χ3v) is 5.28. The van der Waals surface area contributed by atoms with Crippen molar-refractivity contribution in [2.45, 2.75) is 9.79 Å². The van der Waals surface area contributed by atoms with E-state index in [0.29, 0.717) is 16.1 Å². The van der Waals surface area contributed by atoms with E-state index in [1.807, 2.05) is 42.5 Å². The van der Waals surface area contributed by atoms with Gasteiger partial charge in [-0.3, -0.25) is 0 Å². The Balaban J connectivity index is 2.18. The highest BCUT2D eigenvalue weighted by atomic mass is 32.2. The van der Waals surface area contributed by atoms with Gasteiger partial charge in [-0.05, 0) is 35.9 Å². The first kappa shape index (κ1) is 14.4. The molecule has 3 aromatic carbocycles. The van der Waals surface area contributed by atoms with Crippen LogP contribution in [0.3, 0.4) is 0 Å². The van der Waals surface area contributed by atoms with Crippen molar-refractivity contribution in [2.24, 2.45) is 0 Å². The smallest absolute Gasteiger partial charge is 0.207 e. The van der Waals surface area contributed by atoms with Crippen LogP contribution in [0.2, 0.25) is 0 Å². The highest BCUT2D eigenvalue weighted by molar-refractivity contribution is 7.91. The fourth-order valence-electron chi connectivity index (χ4n) is 2.33. The summed E-state index contributed by atoms with van der Waals surface area (Å²) >= 11 is 0. The number of rotatable bonds is 3. The molecule has 2 N–H and O–H groups in total. The molecule has 0 heterocycles. The lowest BCUT2D eigenvalue weighted by Gasteiger charge is -2.11. The summed E-state index contributed by atoms with van der Waals surface area (Å²) < 4.78 is 25.8. The van der Waals surface area contributed by atoms with Crippen LogP contribution in [-0.4, -0.2) is 8.42 Å². The molecule has 0 aromatic heterocycles. The predicted octanol–water partition coefficient (Wildman–Crippen LogP) is 3.77. The first-order chi connectivity index (χ1) is 10.6. The van der Waals surface area contributed by atoms with Gasteiger partial charge >= 0.3 is 0 Å². The van der Waals surface area contributed by atoms with Crippen molar-refractivity contribution < 1.29 is 8.42 Å². The number of anilines is 1. The monoisotopic (exact) mass is 309 g/mol. The third kappa shape index (κ3) is 2.61. The highest BCUT2D eigenvalue weighted by Gasteiger charge is 2.21. The molecular weight excluding hydrogens is 294 g/mol. The predicted molar refractivity (Wildman–Crippen MR) is 88.2 cm³/mol. The molecule has 0 aliphatic carbocycles. The zero-order chi connectivity index (χ0) is 15.6. The summed E-state index contributed by atoms with van der Waals surface area (Å²) in [6, 6.07) is 22.8. The van der Waals surface area contributed by atoms with Gasteiger partial charge in [-0.1, -0.05) is 48.5 Å². The summed E-state index contributed by atoms with van der Waals surface area (Å²) in [4.78, 5) is 0.538. The minimum absolute atomic E-state index is 0.241. The average molecular weight is 309 g/mol. The van der Waals surface area contributed by atoms with Crippen LogP contribution in [0.15, 0.2) is 88.7 Å². The highest BCUT2D eigenvalue weighted by Crippen LogP contribution is 2.31. The lowest BCUT2D eigenvalue weighted by molar-refractivity contribution is 0.596. The van der Waals surface area contributed by atoms with Gasteiger partial charge in [0.1, 0.15) is 0 Å². The number of hydrogen-bond donors (Lipinski definition) is 1. The van der Waals surface area contributed by atoms with Crippen LogP contribution >= 0.6 is 0 Å². The first-order valence-corrected chi connectivity index (χ1v) is 8.32. The second-order valence-corrected chi connectivity index (χ2v) is 6.85. The molecule has 0 radical (unpaired) electrons. The first-order valence-electron chi connectivity index (χ1n) is 6.84. The lowest BCUT2D eigenvalue weighted by Crippen LogP contribution is -2.04. The number of benzene rings is 3. The van der Waals surface area contributed by atoms with Crippen molar-refractivity contribution in [2.75, 3.05) is 5.73 Å². The van der Waals surface area contributed by atoms with E-state index < -0.39 is 9.84 Å². The maximum Gasteiger partial charge on any atom is 0.207 e. The van der Waals surface area contributed by atoms with Gasteiger partial charge in [-0.15, -0.1) is 0 Å². The minimum Gasteiger partial charge on any atom is -0.399 e. The average Bonchev–Trinajstić information content (AvgIpc) is 2.56. The molecule has 0 unspecified atom stereocenters. The van der Waals surface area contributed by atoms with E-state index in [0.717, 1.165) is 5.56 Å². The van der Waals surface area contributed by atoms with E-state index in [9.17, 15) is 8.42 Å². The van der Waals surface area contributed by atoms with E-state index >= 15 is 0 Å². The number of sulfone groups is 1. The molecule has 4 heteroatoms. The summed E-state index contributed by atoms with van der Waals surface area (Å²) in [5.41, 5.74) is 7.74. The zero-order valence-electron chi connectivity index (χ0n) is 11.8. The SMILES string of the molecule is Nc1ccc(S(=O)(=O)c2ccccc2-c2ccccc2)cc1. The Labute approximate surface area is 130 Å². The van der Waals surface area contributed by atoms with Gasteiger partial charge in [0.15, 0.2) is 0 Å². The van der Waals surface area contributed by atoms with Crippen molar-refractivity contribution in [3.63, 3.8) is 0 Å². The summed E-state index contributed by atoms with van der Waals surface area (Å²) in [7, 11) is -3.59. The van der Waals surface area contributed by atoms with Crippen molar-refractivity contribution in [3.8, 4) is 11.1 Å².